The number of hydrogen-bond donors (Lipinski definition) is 0. The molecule has 0 aliphatic carbocycles. The number of nitrogens with zero attached hydrogens (tertiary/aromatic N) is 1. The molecule has 0 aromatic heterocycles. The summed E-state index contributed by atoms with van der Waals surface area (Å²) in [5.41, 5.74) is 1.78. The van der Waals surface area contributed by atoms with Crippen LogP contribution >= 0.6 is 34.2 Å². The lowest BCUT2D eigenvalue weighted by Gasteiger charge is -2.13. The predicted octanol–water partition coefficient (Wildman–Crippen LogP) is 3.74. The summed E-state index contributed by atoms with van der Waals surface area (Å²) in [4.78, 5) is 25.9. The summed E-state index contributed by atoms with van der Waals surface area (Å²) in [5, 5.41) is 0.591. The van der Waals surface area contributed by atoms with E-state index < -0.39 is 0 Å². The van der Waals surface area contributed by atoms with Crippen LogP contribution in [0.15, 0.2) is 42.5 Å². The van der Waals surface area contributed by atoms with Crippen molar-refractivity contribution in [2.24, 2.45) is 0 Å². The first-order valence-corrected chi connectivity index (χ1v) is 7.42. The van der Waals surface area contributed by atoms with Gasteiger partial charge in [0.1, 0.15) is 0 Å². The van der Waals surface area contributed by atoms with E-state index >= 15 is 0 Å². The highest BCUT2D eigenvalue weighted by atomic mass is 127. The van der Waals surface area contributed by atoms with Crippen molar-refractivity contribution in [1.82, 2.24) is 4.90 Å². The maximum Gasteiger partial charge on any atom is 0.261 e. The van der Waals surface area contributed by atoms with Crippen molar-refractivity contribution >= 4 is 46.0 Å². The quantitative estimate of drug-likeness (QED) is 0.572. The van der Waals surface area contributed by atoms with Gasteiger partial charge < -0.3 is 0 Å². The first-order valence-electron chi connectivity index (χ1n) is 5.96. The molecule has 20 heavy (non-hydrogen) atoms. The molecular formula is C15H9ClINO2. The second-order valence-corrected chi connectivity index (χ2v) is 6.20. The molecule has 0 bridgehead atoms. The Labute approximate surface area is 134 Å². The minimum Gasteiger partial charge on any atom is -0.270 e. The monoisotopic (exact) mass is 397 g/mol. The van der Waals surface area contributed by atoms with Crippen LogP contribution in [0, 0.1) is 3.57 Å². The van der Waals surface area contributed by atoms with Crippen molar-refractivity contribution in [3.05, 3.63) is 67.7 Å². The lowest BCUT2D eigenvalue weighted by atomic mass is 10.1. The van der Waals surface area contributed by atoms with Crippen LogP contribution < -0.4 is 0 Å². The van der Waals surface area contributed by atoms with E-state index in [1.54, 1.807) is 30.3 Å². The normalized spacial score (nSPS) is 13.8. The van der Waals surface area contributed by atoms with Crippen molar-refractivity contribution in [2.75, 3.05) is 0 Å². The molecule has 0 N–H and O–H groups in total. The van der Waals surface area contributed by atoms with Crippen LogP contribution in [-0.2, 0) is 6.54 Å². The zero-order valence-corrected chi connectivity index (χ0v) is 13.2. The van der Waals surface area contributed by atoms with Crippen molar-refractivity contribution in [3.63, 3.8) is 0 Å². The van der Waals surface area contributed by atoms with Gasteiger partial charge in [-0.1, -0.05) is 23.7 Å². The Morgan fingerprint density at radius 2 is 1.75 bits per heavy atom. The van der Waals surface area contributed by atoms with Crippen LogP contribution in [0.1, 0.15) is 26.3 Å². The molecule has 0 saturated heterocycles. The molecule has 5 heteroatoms. The number of halogens is 2. The Morgan fingerprint density at radius 1 is 1.00 bits per heavy atom. The van der Waals surface area contributed by atoms with E-state index in [4.69, 9.17) is 11.6 Å². The molecule has 0 saturated carbocycles. The van der Waals surface area contributed by atoms with E-state index in [1.807, 2.05) is 12.1 Å². The minimum absolute atomic E-state index is 0.240. The van der Waals surface area contributed by atoms with Crippen molar-refractivity contribution in [1.29, 1.82) is 0 Å². The number of rotatable bonds is 2. The minimum atomic E-state index is -0.249. The Balaban J connectivity index is 1.94. The topological polar surface area (TPSA) is 37.4 Å². The molecule has 2 amide bonds. The maximum atomic E-state index is 12.3. The van der Waals surface area contributed by atoms with Crippen molar-refractivity contribution in [2.45, 2.75) is 6.54 Å². The van der Waals surface area contributed by atoms with Gasteiger partial charge in [-0.05, 0) is 58.5 Å². The van der Waals surface area contributed by atoms with Gasteiger partial charge in [0.05, 0.1) is 17.7 Å². The van der Waals surface area contributed by atoms with Crippen molar-refractivity contribution < 1.29 is 9.59 Å². The summed E-state index contributed by atoms with van der Waals surface area (Å²) in [6, 6.07) is 12.4. The third-order valence-corrected chi connectivity index (χ3v) is 4.07. The van der Waals surface area contributed by atoms with Gasteiger partial charge >= 0.3 is 0 Å². The second-order valence-electron chi connectivity index (χ2n) is 4.52. The van der Waals surface area contributed by atoms with Crippen LogP contribution in [-0.4, -0.2) is 16.7 Å². The van der Waals surface area contributed by atoms with Crippen LogP contribution in [0.2, 0.25) is 5.02 Å². The van der Waals surface area contributed by atoms with Gasteiger partial charge in [-0.2, -0.15) is 0 Å². The average molecular weight is 398 g/mol. The molecule has 1 heterocycles. The van der Waals surface area contributed by atoms with Crippen LogP contribution in [0.5, 0.6) is 0 Å². The number of imide groups is 1. The summed E-state index contributed by atoms with van der Waals surface area (Å²) in [6.45, 7) is 0.240. The molecule has 1 aliphatic rings. The van der Waals surface area contributed by atoms with E-state index in [9.17, 15) is 9.59 Å². The van der Waals surface area contributed by atoms with Gasteiger partial charge in [-0.25, -0.2) is 0 Å². The highest BCUT2D eigenvalue weighted by molar-refractivity contribution is 14.1. The van der Waals surface area contributed by atoms with Crippen LogP contribution in [0.3, 0.4) is 0 Å². The highest BCUT2D eigenvalue weighted by Gasteiger charge is 2.35. The predicted molar refractivity (Wildman–Crippen MR) is 84.8 cm³/mol. The molecule has 0 spiro atoms. The first kappa shape index (κ1) is 13.6. The van der Waals surface area contributed by atoms with Gasteiger partial charge in [-0.3, -0.25) is 14.5 Å². The molecule has 0 atom stereocenters. The van der Waals surface area contributed by atoms with Crippen LogP contribution in [0.4, 0.5) is 0 Å². The molecule has 0 fully saturated rings. The van der Waals surface area contributed by atoms with Crippen LogP contribution in [0.25, 0.3) is 0 Å². The van der Waals surface area contributed by atoms with Gasteiger partial charge in [0.25, 0.3) is 11.8 Å². The lowest BCUT2D eigenvalue weighted by Crippen LogP contribution is -2.29. The Bertz CT molecular complexity index is 730. The number of fused-ring (bicyclic) bond motifs is 1. The zero-order chi connectivity index (χ0) is 14.3. The third kappa shape index (κ3) is 2.33. The van der Waals surface area contributed by atoms with E-state index in [0.717, 1.165) is 9.13 Å². The lowest BCUT2D eigenvalue weighted by molar-refractivity contribution is 0.0642. The van der Waals surface area contributed by atoms with Crippen molar-refractivity contribution in [3.8, 4) is 0 Å². The Hall–Kier alpha value is -1.40. The molecule has 2 aromatic rings. The molecule has 3 rings (SSSR count). The summed E-state index contributed by atoms with van der Waals surface area (Å²) in [7, 11) is 0. The number of hydrogen-bond acceptors (Lipinski definition) is 2. The molecular weight excluding hydrogens is 389 g/mol. The number of benzene rings is 2. The van der Waals surface area contributed by atoms with E-state index in [0.29, 0.717) is 16.1 Å². The Morgan fingerprint density at radius 3 is 2.50 bits per heavy atom. The molecule has 2 aromatic carbocycles. The van der Waals surface area contributed by atoms with Gasteiger partial charge in [0.15, 0.2) is 0 Å². The van der Waals surface area contributed by atoms with E-state index in [2.05, 4.69) is 22.6 Å². The maximum absolute atomic E-state index is 12.3. The fraction of sp³-hybridized carbons (Fsp3) is 0.0667. The number of carbonyl (C=O) groups excluding carboxylic acids is 2. The fourth-order valence-electron chi connectivity index (χ4n) is 2.22. The largest absolute Gasteiger partial charge is 0.270 e. The molecule has 0 radical (unpaired) electrons. The standard InChI is InChI=1S/C15H9ClINO2/c16-10-3-1-2-9(6-10)8-18-14(19)12-5-4-11(17)7-13(12)15(18)20/h1-7H,8H2. The molecule has 100 valence electrons. The smallest absolute Gasteiger partial charge is 0.261 e. The first-order chi connectivity index (χ1) is 9.56. The van der Waals surface area contributed by atoms with Gasteiger partial charge in [-0.15, -0.1) is 0 Å². The second kappa shape index (κ2) is 5.18. The fourth-order valence-corrected chi connectivity index (χ4v) is 2.93. The van der Waals surface area contributed by atoms with E-state index in [1.165, 1.54) is 4.90 Å². The summed E-state index contributed by atoms with van der Waals surface area (Å²) in [5.74, 6) is -0.495. The number of amides is 2. The third-order valence-electron chi connectivity index (χ3n) is 3.16. The Kier molecular flexibility index (Phi) is 3.52. The summed E-state index contributed by atoms with van der Waals surface area (Å²) in [6.07, 6.45) is 0. The van der Waals surface area contributed by atoms with Gasteiger partial charge in [0.2, 0.25) is 0 Å². The summed E-state index contributed by atoms with van der Waals surface area (Å²) >= 11 is 8.05. The molecule has 0 unspecified atom stereocenters. The van der Waals surface area contributed by atoms with Gasteiger partial charge in [0, 0.05) is 8.59 Å². The zero-order valence-electron chi connectivity index (χ0n) is 10.3. The average Bonchev–Trinajstić information content (AvgIpc) is 2.64. The summed E-state index contributed by atoms with van der Waals surface area (Å²) < 4.78 is 0.937. The van der Waals surface area contributed by atoms with E-state index in [-0.39, 0.29) is 18.4 Å². The highest BCUT2D eigenvalue weighted by Crippen LogP contribution is 2.26. The molecule has 3 nitrogen and oxygen atoms in total. The SMILES string of the molecule is O=C1c2ccc(I)cc2C(=O)N1Cc1cccc(Cl)c1. The number of carbonyl (C=O) groups is 2. The molecule has 1 aliphatic heterocycles.